The molecule has 1 fully saturated rings. The minimum Gasteiger partial charge on any atom is -0.469 e. The van der Waals surface area contributed by atoms with E-state index in [1.165, 1.54) is 13.3 Å². The molecule has 0 bridgehead atoms. The van der Waals surface area contributed by atoms with Gasteiger partial charge in [-0.15, -0.1) is 0 Å². The van der Waals surface area contributed by atoms with E-state index in [1.54, 1.807) is 6.20 Å². The van der Waals surface area contributed by atoms with Crippen LogP contribution in [0, 0.1) is 17.2 Å². The molecule has 2 heterocycles. The number of nitriles is 1. The van der Waals surface area contributed by atoms with Gasteiger partial charge in [0.2, 0.25) is 0 Å². The van der Waals surface area contributed by atoms with Gasteiger partial charge in [-0.3, -0.25) is 4.79 Å². The van der Waals surface area contributed by atoms with Gasteiger partial charge in [0.1, 0.15) is 11.9 Å². The fourth-order valence-electron chi connectivity index (χ4n) is 4.08. The number of esters is 1. The van der Waals surface area contributed by atoms with E-state index in [1.807, 2.05) is 13.0 Å². The lowest BCUT2D eigenvalue weighted by atomic mass is 9.95. The second-order valence-corrected chi connectivity index (χ2v) is 8.87. The standard InChI is InChI=1S/C25H33N5O3/c1-17(2)16-30(21-7-9-33-10-8-21)23-6-5-19(18(3)11-25(31)32-4)12-22(23)29-24-15-27-20(13-26)14-28-24/h5-6,12,14-15,17-18,21H,7-11,16H2,1-4H3,(H,28,29). The van der Waals surface area contributed by atoms with E-state index in [0.717, 1.165) is 49.5 Å². The summed E-state index contributed by atoms with van der Waals surface area (Å²) in [6.07, 6.45) is 5.28. The summed E-state index contributed by atoms with van der Waals surface area (Å²) in [4.78, 5) is 22.8. The van der Waals surface area contributed by atoms with Crippen LogP contribution >= 0.6 is 0 Å². The number of anilines is 3. The number of methoxy groups -OCH3 is 1. The normalized spacial score (nSPS) is 15.0. The quantitative estimate of drug-likeness (QED) is 0.560. The Kier molecular flexibility index (Phi) is 8.61. The molecular weight excluding hydrogens is 418 g/mol. The zero-order chi connectivity index (χ0) is 23.8. The van der Waals surface area contributed by atoms with E-state index in [-0.39, 0.29) is 17.6 Å². The lowest BCUT2D eigenvalue weighted by molar-refractivity contribution is -0.140. The second-order valence-electron chi connectivity index (χ2n) is 8.87. The van der Waals surface area contributed by atoms with E-state index in [2.05, 4.69) is 52.2 Å². The number of aromatic nitrogens is 2. The fourth-order valence-corrected chi connectivity index (χ4v) is 4.08. The van der Waals surface area contributed by atoms with Crippen LogP contribution in [0.15, 0.2) is 30.6 Å². The van der Waals surface area contributed by atoms with Crippen molar-refractivity contribution in [3.05, 3.63) is 41.9 Å². The van der Waals surface area contributed by atoms with E-state index in [4.69, 9.17) is 14.7 Å². The maximum atomic E-state index is 11.8. The fraction of sp³-hybridized carbons (Fsp3) is 0.520. The summed E-state index contributed by atoms with van der Waals surface area (Å²) in [5, 5.41) is 12.4. The average Bonchev–Trinajstić information content (AvgIpc) is 2.83. The number of nitrogens with zero attached hydrogens (tertiary/aromatic N) is 4. The molecule has 1 aliphatic rings. The Morgan fingerprint density at radius 3 is 2.64 bits per heavy atom. The number of carbonyl (C=O) groups excluding carboxylic acids is 1. The highest BCUT2D eigenvalue weighted by Gasteiger charge is 2.25. The average molecular weight is 452 g/mol. The summed E-state index contributed by atoms with van der Waals surface area (Å²) in [6.45, 7) is 8.89. The van der Waals surface area contributed by atoms with Gasteiger partial charge in [0.15, 0.2) is 5.69 Å². The highest BCUT2D eigenvalue weighted by Crippen LogP contribution is 2.36. The molecule has 0 spiro atoms. The minimum atomic E-state index is -0.234. The number of hydrogen-bond donors (Lipinski definition) is 1. The number of hydrogen-bond acceptors (Lipinski definition) is 8. The monoisotopic (exact) mass is 451 g/mol. The molecule has 3 rings (SSSR count). The first-order valence-corrected chi connectivity index (χ1v) is 11.5. The number of rotatable bonds is 9. The molecule has 1 aliphatic heterocycles. The van der Waals surface area contributed by atoms with Crippen molar-refractivity contribution in [3.63, 3.8) is 0 Å². The maximum absolute atomic E-state index is 11.8. The van der Waals surface area contributed by atoms with Gasteiger partial charge in [0, 0.05) is 25.8 Å². The largest absolute Gasteiger partial charge is 0.469 e. The van der Waals surface area contributed by atoms with Crippen LogP contribution in [0.2, 0.25) is 0 Å². The van der Waals surface area contributed by atoms with Crippen LogP contribution in [0.25, 0.3) is 0 Å². The van der Waals surface area contributed by atoms with Crippen LogP contribution in [0.1, 0.15) is 57.2 Å². The topological polar surface area (TPSA) is 100 Å². The van der Waals surface area contributed by atoms with Gasteiger partial charge >= 0.3 is 5.97 Å². The molecule has 0 radical (unpaired) electrons. The molecule has 1 aromatic heterocycles. The summed E-state index contributed by atoms with van der Waals surface area (Å²) in [7, 11) is 1.41. The molecule has 1 unspecified atom stereocenters. The number of nitrogens with one attached hydrogen (secondary N) is 1. The number of carbonyl (C=O) groups is 1. The van der Waals surface area contributed by atoms with Crippen molar-refractivity contribution in [3.8, 4) is 6.07 Å². The first kappa shape index (κ1) is 24.5. The third-order valence-corrected chi connectivity index (χ3v) is 5.82. The number of benzene rings is 1. The van der Waals surface area contributed by atoms with Crippen molar-refractivity contribution in [1.82, 2.24) is 9.97 Å². The van der Waals surface area contributed by atoms with E-state index >= 15 is 0 Å². The Morgan fingerprint density at radius 2 is 2.03 bits per heavy atom. The van der Waals surface area contributed by atoms with Gasteiger partial charge in [-0.05, 0) is 42.4 Å². The molecule has 33 heavy (non-hydrogen) atoms. The summed E-state index contributed by atoms with van der Waals surface area (Å²) >= 11 is 0. The van der Waals surface area contributed by atoms with Crippen LogP contribution in [0.3, 0.4) is 0 Å². The highest BCUT2D eigenvalue weighted by atomic mass is 16.5. The lowest BCUT2D eigenvalue weighted by Crippen LogP contribution is -2.42. The SMILES string of the molecule is COC(=O)CC(C)c1ccc(N(CC(C)C)C2CCOCC2)c(Nc2cnc(C#N)cn2)c1. The first-order valence-electron chi connectivity index (χ1n) is 11.5. The van der Waals surface area contributed by atoms with Gasteiger partial charge in [0.25, 0.3) is 0 Å². The predicted octanol–water partition coefficient (Wildman–Crippen LogP) is 4.40. The van der Waals surface area contributed by atoms with Crippen LogP contribution in [-0.4, -0.2) is 48.8 Å². The Balaban J connectivity index is 1.99. The smallest absolute Gasteiger partial charge is 0.306 e. The highest BCUT2D eigenvalue weighted by molar-refractivity contribution is 5.76. The van der Waals surface area contributed by atoms with Gasteiger partial charge in [-0.1, -0.05) is 26.8 Å². The second kappa shape index (κ2) is 11.6. The van der Waals surface area contributed by atoms with Crippen LogP contribution in [0.4, 0.5) is 17.2 Å². The van der Waals surface area contributed by atoms with Crippen molar-refractivity contribution in [2.45, 2.75) is 52.0 Å². The summed E-state index contributed by atoms with van der Waals surface area (Å²) < 4.78 is 10.5. The van der Waals surface area contributed by atoms with E-state index < -0.39 is 0 Å². The molecule has 0 amide bonds. The Bertz CT molecular complexity index is 965. The summed E-state index contributed by atoms with van der Waals surface area (Å²) in [5.74, 6) is 0.807. The molecular formula is C25H33N5O3. The molecule has 8 heteroatoms. The Morgan fingerprint density at radius 1 is 1.27 bits per heavy atom. The first-order chi connectivity index (χ1) is 15.9. The third-order valence-electron chi connectivity index (χ3n) is 5.82. The van der Waals surface area contributed by atoms with E-state index in [9.17, 15) is 4.79 Å². The van der Waals surface area contributed by atoms with Crippen LogP contribution < -0.4 is 10.2 Å². The van der Waals surface area contributed by atoms with Crippen LogP contribution in [-0.2, 0) is 14.3 Å². The summed E-state index contributed by atoms with van der Waals surface area (Å²) in [5.41, 5.74) is 3.28. The molecule has 1 aromatic carbocycles. The van der Waals surface area contributed by atoms with Crippen molar-refractivity contribution in [2.24, 2.45) is 5.92 Å². The zero-order valence-electron chi connectivity index (χ0n) is 19.9. The number of ether oxygens (including phenoxy) is 2. The van der Waals surface area contributed by atoms with Gasteiger partial charge in [0.05, 0.1) is 37.3 Å². The van der Waals surface area contributed by atoms with Crippen LogP contribution in [0.5, 0.6) is 0 Å². The Hall–Kier alpha value is -3.18. The van der Waals surface area contributed by atoms with Gasteiger partial charge in [-0.25, -0.2) is 9.97 Å². The lowest BCUT2D eigenvalue weighted by Gasteiger charge is -2.38. The van der Waals surface area contributed by atoms with Gasteiger partial charge < -0.3 is 19.7 Å². The summed E-state index contributed by atoms with van der Waals surface area (Å²) in [6, 6.07) is 8.67. The van der Waals surface area contributed by atoms with Gasteiger partial charge in [-0.2, -0.15) is 5.26 Å². The molecule has 8 nitrogen and oxygen atoms in total. The van der Waals surface area contributed by atoms with E-state index in [0.29, 0.717) is 24.2 Å². The molecule has 0 aliphatic carbocycles. The Labute approximate surface area is 195 Å². The molecule has 176 valence electrons. The minimum absolute atomic E-state index is 0.000674. The third kappa shape index (κ3) is 6.65. The van der Waals surface area contributed by atoms with Crippen molar-refractivity contribution in [1.29, 1.82) is 5.26 Å². The molecule has 1 atom stereocenters. The molecule has 2 aromatic rings. The zero-order valence-corrected chi connectivity index (χ0v) is 19.9. The molecule has 1 N–H and O–H groups in total. The molecule has 1 saturated heterocycles. The van der Waals surface area contributed by atoms with Crippen molar-refractivity contribution in [2.75, 3.05) is 37.1 Å². The molecule has 0 saturated carbocycles. The van der Waals surface area contributed by atoms with Crippen molar-refractivity contribution < 1.29 is 14.3 Å². The maximum Gasteiger partial charge on any atom is 0.306 e. The van der Waals surface area contributed by atoms with Crippen molar-refractivity contribution >= 4 is 23.2 Å². The predicted molar refractivity (Wildman–Crippen MR) is 128 cm³/mol.